The van der Waals surface area contributed by atoms with Crippen molar-refractivity contribution in [3.05, 3.63) is 58.5 Å². The molecular formula is C17H16ClN5O3S. The number of rotatable bonds is 3. The van der Waals surface area contributed by atoms with Gasteiger partial charge in [0.1, 0.15) is 0 Å². The van der Waals surface area contributed by atoms with Crippen LogP contribution in [0.2, 0.25) is 5.02 Å². The molecule has 0 saturated carbocycles. The maximum atomic E-state index is 12.8. The Balaban J connectivity index is 1.60. The van der Waals surface area contributed by atoms with Crippen molar-refractivity contribution in [1.82, 2.24) is 19.6 Å². The van der Waals surface area contributed by atoms with Crippen molar-refractivity contribution in [2.75, 3.05) is 18.2 Å². The Labute approximate surface area is 160 Å². The molecule has 3 aromatic rings. The van der Waals surface area contributed by atoms with Crippen molar-refractivity contribution in [1.29, 1.82) is 0 Å². The second-order valence-electron chi connectivity index (χ2n) is 6.44. The third-order valence-corrected chi connectivity index (χ3v) is 5.31. The highest BCUT2D eigenvalue weighted by Gasteiger charge is 2.25. The lowest BCUT2D eigenvalue weighted by molar-refractivity contribution is 0.0783. The van der Waals surface area contributed by atoms with E-state index >= 15 is 0 Å². The van der Waals surface area contributed by atoms with Crippen molar-refractivity contribution < 1.29 is 13.2 Å². The molecule has 1 aliphatic heterocycles. The van der Waals surface area contributed by atoms with Gasteiger partial charge in [0.15, 0.2) is 21.2 Å². The number of nitrogens with one attached hydrogen (secondary N) is 1. The van der Waals surface area contributed by atoms with E-state index < -0.39 is 9.84 Å². The standard InChI is InChI=1S/C17H16ClN5O3S/c1-27(25,26)10-11-3-2-4-14-13(11)5-6-22(20-14)17(24)15-7-16-19-8-12(18)9-23(16)21-15/h2-4,7-9,20H,5-6,10H2,1H3. The Kier molecular flexibility index (Phi) is 4.27. The van der Waals surface area contributed by atoms with Gasteiger partial charge >= 0.3 is 0 Å². The molecule has 0 fully saturated rings. The summed E-state index contributed by atoms with van der Waals surface area (Å²) in [5.41, 5.74) is 6.22. The summed E-state index contributed by atoms with van der Waals surface area (Å²) in [5, 5.41) is 6.12. The van der Waals surface area contributed by atoms with Crippen molar-refractivity contribution in [2.45, 2.75) is 12.2 Å². The molecule has 1 aliphatic rings. The highest BCUT2D eigenvalue weighted by molar-refractivity contribution is 7.89. The molecule has 0 unspecified atom stereocenters. The number of hydrazine groups is 1. The van der Waals surface area contributed by atoms with Crippen molar-refractivity contribution in [3.63, 3.8) is 0 Å². The fraction of sp³-hybridized carbons (Fsp3) is 0.235. The molecule has 0 radical (unpaired) electrons. The summed E-state index contributed by atoms with van der Waals surface area (Å²) in [4.78, 5) is 16.9. The summed E-state index contributed by atoms with van der Waals surface area (Å²) in [7, 11) is -3.14. The quantitative estimate of drug-likeness (QED) is 0.715. The van der Waals surface area contributed by atoms with Crippen LogP contribution in [0.1, 0.15) is 21.6 Å². The van der Waals surface area contributed by atoms with Crippen LogP contribution in [-0.2, 0) is 22.0 Å². The minimum atomic E-state index is -3.14. The average Bonchev–Trinajstić information content (AvgIpc) is 3.02. The fourth-order valence-corrected chi connectivity index (χ4v) is 4.10. The Bertz CT molecular complexity index is 1160. The van der Waals surface area contributed by atoms with Crippen LogP contribution >= 0.6 is 11.6 Å². The Morgan fingerprint density at radius 2 is 2.19 bits per heavy atom. The number of amides is 1. The molecule has 0 aliphatic carbocycles. The number of fused-ring (bicyclic) bond motifs is 2. The van der Waals surface area contributed by atoms with Gasteiger partial charge in [0, 0.05) is 25.1 Å². The first-order chi connectivity index (χ1) is 12.8. The molecule has 140 valence electrons. The summed E-state index contributed by atoms with van der Waals surface area (Å²) >= 11 is 5.90. The normalized spacial score (nSPS) is 14.1. The summed E-state index contributed by atoms with van der Waals surface area (Å²) < 4.78 is 24.7. The number of nitrogens with zero attached hydrogens (tertiary/aromatic N) is 4. The largest absolute Gasteiger partial charge is 0.295 e. The third kappa shape index (κ3) is 3.60. The first kappa shape index (κ1) is 17.7. The van der Waals surface area contributed by atoms with Gasteiger partial charge in [-0.1, -0.05) is 23.7 Å². The lowest BCUT2D eigenvalue weighted by Gasteiger charge is -2.31. The molecule has 27 heavy (non-hydrogen) atoms. The summed E-state index contributed by atoms with van der Waals surface area (Å²) in [5.74, 6) is -0.319. The fourth-order valence-electron chi connectivity index (χ4n) is 3.13. The molecule has 10 heteroatoms. The highest BCUT2D eigenvalue weighted by atomic mass is 35.5. The maximum Gasteiger partial charge on any atom is 0.292 e. The Morgan fingerprint density at radius 3 is 2.96 bits per heavy atom. The van der Waals surface area contributed by atoms with Crippen molar-refractivity contribution in [2.24, 2.45) is 0 Å². The Hall–Kier alpha value is -2.65. The maximum absolute atomic E-state index is 12.8. The molecule has 0 spiro atoms. The average molecular weight is 406 g/mol. The predicted octanol–water partition coefficient (Wildman–Crippen LogP) is 1.95. The number of carbonyl (C=O) groups is 1. The minimum Gasteiger partial charge on any atom is -0.295 e. The van der Waals surface area contributed by atoms with E-state index in [0.29, 0.717) is 23.6 Å². The van der Waals surface area contributed by atoms with E-state index in [1.54, 1.807) is 24.4 Å². The van der Waals surface area contributed by atoms with E-state index in [9.17, 15) is 13.2 Å². The van der Waals surface area contributed by atoms with Crippen molar-refractivity contribution >= 4 is 38.7 Å². The van der Waals surface area contributed by atoms with Gasteiger partial charge in [0.25, 0.3) is 5.91 Å². The van der Waals surface area contributed by atoms with Crippen LogP contribution in [0.5, 0.6) is 0 Å². The molecule has 2 aromatic heterocycles. The zero-order chi connectivity index (χ0) is 19.2. The smallest absolute Gasteiger partial charge is 0.292 e. The van der Waals surface area contributed by atoms with Gasteiger partial charge in [0.05, 0.1) is 22.7 Å². The van der Waals surface area contributed by atoms with E-state index in [0.717, 1.165) is 16.8 Å². The first-order valence-corrected chi connectivity index (χ1v) is 10.6. The zero-order valence-corrected chi connectivity index (χ0v) is 16.0. The molecule has 0 atom stereocenters. The molecule has 8 nitrogen and oxygen atoms in total. The first-order valence-electron chi connectivity index (χ1n) is 8.18. The van der Waals surface area contributed by atoms with Gasteiger partial charge in [-0.3, -0.25) is 15.2 Å². The van der Waals surface area contributed by atoms with E-state index in [1.807, 2.05) is 6.07 Å². The minimum absolute atomic E-state index is 0.0232. The molecule has 1 aromatic carbocycles. The summed E-state index contributed by atoms with van der Waals surface area (Å²) in [6.07, 6.45) is 4.84. The van der Waals surface area contributed by atoms with Gasteiger partial charge < -0.3 is 0 Å². The van der Waals surface area contributed by atoms with E-state index in [-0.39, 0.29) is 17.4 Å². The van der Waals surface area contributed by atoms with Crippen LogP contribution in [-0.4, -0.2) is 46.7 Å². The second kappa shape index (κ2) is 6.50. The van der Waals surface area contributed by atoms with Gasteiger partial charge in [-0.15, -0.1) is 0 Å². The zero-order valence-electron chi connectivity index (χ0n) is 14.4. The Morgan fingerprint density at radius 1 is 1.37 bits per heavy atom. The van der Waals surface area contributed by atoms with Gasteiger partial charge in [-0.05, 0) is 23.6 Å². The van der Waals surface area contributed by atoms with E-state index in [2.05, 4.69) is 15.5 Å². The monoisotopic (exact) mass is 405 g/mol. The molecular weight excluding hydrogens is 390 g/mol. The highest BCUT2D eigenvalue weighted by Crippen LogP contribution is 2.27. The molecule has 1 N–H and O–H groups in total. The number of hydrogen-bond acceptors (Lipinski definition) is 6. The van der Waals surface area contributed by atoms with Crippen molar-refractivity contribution in [3.8, 4) is 0 Å². The second-order valence-corrected chi connectivity index (χ2v) is 9.01. The molecule has 0 bridgehead atoms. The lowest BCUT2D eigenvalue weighted by atomic mass is 10.0. The molecule has 0 saturated heterocycles. The SMILES string of the molecule is CS(=O)(=O)Cc1cccc2c1CCN(C(=O)c1cc3ncc(Cl)cn3n1)N2. The van der Waals surface area contributed by atoms with Crippen LogP contribution < -0.4 is 5.43 Å². The molecule has 1 amide bonds. The van der Waals surface area contributed by atoms with Gasteiger partial charge in [-0.25, -0.2) is 17.9 Å². The molecule has 4 rings (SSSR count). The van der Waals surface area contributed by atoms with Crippen LogP contribution in [0.15, 0.2) is 36.7 Å². The van der Waals surface area contributed by atoms with Crippen LogP contribution in [0, 0.1) is 0 Å². The number of sulfone groups is 1. The number of benzene rings is 1. The summed E-state index contributed by atoms with van der Waals surface area (Å²) in [6.45, 7) is 0.397. The predicted molar refractivity (Wildman–Crippen MR) is 101 cm³/mol. The summed E-state index contributed by atoms with van der Waals surface area (Å²) in [6, 6.07) is 7.00. The number of hydrogen-bond donors (Lipinski definition) is 1. The van der Waals surface area contributed by atoms with E-state index in [4.69, 9.17) is 11.6 Å². The molecule has 3 heterocycles. The van der Waals surface area contributed by atoms with Crippen LogP contribution in [0.25, 0.3) is 5.65 Å². The van der Waals surface area contributed by atoms with Gasteiger partial charge in [0.2, 0.25) is 0 Å². The van der Waals surface area contributed by atoms with Crippen LogP contribution in [0.3, 0.4) is 0 Å². The van der Waals surface area contributed by atoms with E-state index in [1.165, 1.54) is 22.0 Å². The van der Waals surface area contributed by atoms with Gasteiger partial charge in [-0.2, -0.15) is 5.10 Å². The van der Waals surface area contributed by atoms with Crippen LogP contribution in [0.4, 0.5) is 5.69 Å². The number of anilines is 1. The number of aromatic nitrogens is 3. The number of carbonyl (C=O) groups excluding carboxylic acids is 1. The third-order valence-electron chi connectivity index (χ3n) is 4.28. The lowest BCUT2D eigenvalue weighted by Crippen LogP contribution is -2.41. The topological polar surface area (TPSA) is 96.7 Å². The number of halogens is 1.